The minimum atomic E-state index is -4.59. The molecule has 0 aromatic heterocycles. The van der Waals surface area contributed by atoms with Gasteiger partial charge in [-0.25, -0.2) is 8.42 Å². The highest BCUT2D eigenvalue weighted by atomic mass is 32.2. The van der Waals surface area contributed by atoms with E-state index in [1.165, 1.54) is 44.6 Å². The van der Waals surface area contributed by atoms with Gasteiger partial charge in [0.1, 0.15) is 18.0 Å². The second-order valence-corrected chi connectivity index (χ2v) is 9.93. The van der Waals surface area contributed by atoms with Crippen molar-refractivity contribution < 1.29 is 27.6 Å². The van der Waals surface area contributed by atoms with Crippen molar-refractivity contribution in [3.63, 3.8) is 0 Å². The third-order valence-electron chi connectivity index (χ3n) is 5.51. The number of nitrogens with one attached hydrogen (secondary N) is 1. The fourth-order valence-corrected chi connectivity index (χ4v) is 5.51. The minimum Gasteiger partial charge on any atom is -0.497 e. The molecule has 1 amide bonds. The van der Waals surface area contributed by atoms with Gasteiger partial charge in [0.25, 0.3) is 15.7 Å². The number of methoxy groups -OCH3 is 2. The Balaban J connectivity index is 2.13. The number of hydrogen-bond acceptors (Lipinski definition) is 7. The summed E-state index contributed by atoms with van der Waals surface area (Å²) in [5, 5.41) is 14.4. The highest BCUT2D eigenvalue weighted by Gasteiger charge is 2.34. The molecular weight excluding hydrogens is 486 g/mol. The summed E-state index contributed by atoms with van der Waals surface area (Å²) >= 11 is 0. The van der Waals surface area contributed by atoms with Gasteiger partial charge < -0.3 is 14.8 Å². The molecule has 0 bridgehead atoms. The minimum absolute atomic E-state index is 0.0175. The van der Waals surface area contributed by atoms with Crippen LogP contribution in [0.15, 0.2) is 59.5 Å². The second-order valence-electron chi connectivity index (χ2n) is 8.10. The fraction of sp³-hybridized carbons (Fsp3) is 0.240. The number of amides is 1. The average molecular weight is 514 g/mol. The van der Waals surface area contributed by atoms with Crippen molar-refractivity contribution in [2.24, 2.45) is 0 Å². The predicted molar refractivity (Wildman–Crippen MR) is 136 cm³/mol. The van der Waals surface area contributed by atoms with E-state index in [4.69, 9.17) is 9.47 Å². The van der Waals surface area contributed by atoms with Gasteiger partial charge in [0.2, 0.25) is 5.91 Å². The number of nitro groups is 1. The zero-order chi connectivity index (χ0) is 26.6. The first kappa shape index (κ1) is 26.5. The Morgan fingerprint density at radius 1 is 1.00 bits per heavy atom. The summed E-state index contributed by atoms with van der Waals surface area (Å²) in [6.45, 7) is 4.94. The maximum atomic E-state index is 13.8. The Labute approximate surface area is 209 Å². The van der Waals surface area contributed by atoms with Crippen LogP contribution in [0.5, 0.6) is 11.5 Å². The number of ether oxygens (including phenoxy) is 2. The number of benzene rings is 3. The Morgan fingerprint density at radius 3 is 2.22 bits per heavy atom. The number of para-hydroxylation sites is 1. The van der Waals surface area contributed by atoms with Gasteiger partial charge in [-0.15, -0.1) is 0 Å². The van der Waals surface area contributed by atoms with Crippen molar-refractivity contribution in [1.82, 2.24) is 0 Å². The Kier molecular flexibility index (Phi) is 7.83. The molecule has 10 nitrogen and oxygen atoms in total. The van der Waals surface area contributed by atoms with Crippen molar-refractivity contribution >= 4 is 33.0 Å². The average Bonchev–Trinajstić information content (AvgIpc) is 2.84. The molecule has 0 aliphatic heterocycles. The van der Waals surface area contributed by atoms with E-state index in [1.807, 2.05) is 32.9 Å². The number of sulfonamides is 1. The monoisotopic (exact) mass is 513 g/mol. The molecular formula is C25H27N3O7S. The lowest BCUT2D eigenvalue weighted by Crippen LogP contribution is -2.38. The van der Waals surface area contributed by atoms with Crippen molar-refractivity contribution in [3.8, 4) is 11.5 Å². The lowest BCUT2D eigenvalue weighted by atomic mass is 10.1. The molecule has 0 aliphatic carbocycles. The molecule has 0 unspecified atom stereocenters. The van der Waals surface area contributed by atoms with Gasteiger partial charge in [-0.2, -0.15) is 0 Å². The van der Waals surface area contributed by atoms with E-state index >= 15 is 0 Å². The van der Waals surface area contributed by atoms with Crippen molar-refractivity contribution in [1.29, 1.82) is 0 Å². The topological polar surface area (TPSA) is 128 Å². The smallest absolute Gasteiger partial charge is 0.289 e. The lowest BCUT2D eigenvalue weighted by Gasteiger charge is -2.26. The molecule has 3 aromatic rings. The molecule has 190 valence electrons. The van der Waals surface area contributed by atoms with Crippen LogP contribution in [0.25, 0.3) is 0 Å². The number of carbonyl (C=O) groups is 1. The highest BCUT2D eigenvalue weighted by molar-refractivity contribution is 7.93. The SMILES string of the molecule is COc1ccc(N(CC(=O)Nc2c(C)cc(C)cc2C)S(=O)(=O)c2ccccc2[N+](=O)[O-])c(OC)c1. The number of rotatable bonds is 9. The van der Waals surface area contributed by atoms with E-state index < -0.39 is 38.0 Å². The van der Waals surface area contributed by atoms with Crippen LogP contribution in [-0.4, -0.2) is 40.0 Å². The van der Waals surface area contributed by atoms with E-state index in [1.54, 1.807) is 0 Å². The lowest BCUT2D eigenvalue weighted by molar-refractivity contribution is -0.387. The van der Waals surface area contributed by atoms with Crippen LogP contribution in [0.4, 0.5) is 17.1 Å². The molecule has 0 spiro atoms. The van der Waals surface area contributed by atoms with E-state index in [0.717, 1.165) is 33.1 Å². The van der Waals surface area contributed by atoms with E-state index in [2.05, 4.69) is 5.32 Å². The molecule has 0 fully saturated rings. The first-order valence-electron chi connectivity index (χ1n) is 10.9. The molecule has 0 atom stereocenters. The number of hydrogen-bond donors (Lipinski definition) is 1. The largest absolute Gasteiger partial charge is 0.497 e. The summed E-state index contributed by atoms with van der Waals surface area (Å²) in [6, 6.07) is 13.1. The van der Waals surface area contributed by atoms with Gasteiger partial charge in [-0.05, 0) is 50.1 Å². The van der Waals surface area contributed by atoms with Gasteiger partial charge >= 0.3 is 0 Å². The molecule has 0 saturated carbocycles. The number of nitro benzene ring substituents is 1. The molecule has 3 rings (SSSR count). The predicted octanol–water partition coefficient (Wildman–Crippen LogP) is 4.37. The summed E-state index contributed by atoms with van der Waals surface area (Å²) < 4.78 is 39.0. The first-order chi connectivity index (χ1) is 17.0. The maximum absolute atomic E-state index is 13.8. The first-order valence-corrected chi connectivity index (χ1v) is 12.3. The van der Waals surface area contributed by atoms with Gasteiger partial charge in [0.05, 0.1) is 24.8 Å². The Bertz CT molecular complexity index is 1400. The number of anilines is 2. The Hall–Kier alpha value is -4.12. The summed E-state index contributed by atoms with van der Waals surface area (Å²) in [4.78, 5) is 23.5. The summed E-state index contributed by atoms with van der Waals surface area (Å²) in [5.74, 6) is -0.133. The van der Waals surface area contributed by atoms with Gasteiger partial charge in [-0.3, -0.25) is 19.2 Å². The van der Waals surface area contributed by atoms with Gasteiger partial charge in [-0.1, -0.05) is 29.8 Å². The third-order valence-corrected chi connectivity index (χ3v) is 7.32. The van der Waals surface area contributed by atoms with Crippen LogP contribution >= 0.6 is 0 Å². The Morgan fingerprint density at radius 2 is 1.64 bits per heavy atom. The molecule has 11 heteroatoms. The molecule has 1 N–H and O–H groups in total. The second kappa shape index (κ2) is 10.6. The van der Waals surface area contributed by atoms with Crippen LogP contribution in [-0.2, 0) is 14.8 Å². The van der Waals surface area contributed by atoms with Crippen LogP contribution in [0.3, 0.4) is 0 Å². The van der Waals surface area contributed by atoms with E-state index in [9.17, 15) is 23.3 Å². The van der Waals surface area contributed by atoms with E-state index in [0.29, 0.717) is 11.4 Å². The zero-order valence-electron chi connectivity index (χ0n) is 20.6. The third kappa shape index (κ3) is 5.41. The molecule has 0 aliphatic rings. The molecule has 0 heterocycles. The molecule has 0 saturated heterocycles. The molecule has 36 heavy (non-hydrogen) atoms. The summed E-state index contributed by atoms with van der Waals surface area (Å²) in [7, 11) is -1.81. The highest BCUT2D eigenvalue weighted by Crippen LogP contribution is 2.37. The number of carbonyl (C=O) groups excluding carboxylic acids is 1. The van der Waals surface area contributed by atoms with Crippen LogP contribution in [0.1, 0.15) is 16.7 Å². The zero-order valence-corrected chi connectivity index (χ0v) is 21.4. The van der Waals surface area contributed by atoms with Crippen molar-refractivity contribution in [2.75, 3.05) is 30.4 Å². The van der Waals surface area contributed by atoms with Gasteiger partial charge in [0, 0.05) is 17.8 Å². The number of aryl methyl sites for hydroxylation is 3. The fourth-order valence-electron chi connectivity index (χ4n) is 3.92. The molecule has 3 aromatic carbocycles. The summed E-state index contributed by atoms with van der Waals surface area (Å²) in [5.41, 5.74) is 2.62. The molecule has 0 radical (unpaired) electrons. The normalized spacial score (nSPS) is 11.0. The van der Waals surface area contributed by atoms with Gasteiger partial charge in [0.15, 0.2) is 4.90 Å². The standard InChI is InChI=1S/C25H27N3O7S/c1-16-12-17(2)25(18(3)13-16)26-24(29)15-27(20-11-10-19(34-4)14-22(20)35-5)36(32,33)23-9-7-6-8-21(23)28(30)31/h6-14H,15H2,1-5H3,(H,26,29). The van der Waals surface area contributed by atoms with Crippen molar-refractivity contribution in [2.45, 2.75) is 25.7 Å². The quantitative estimate of drug-likeness (QED) is 0.332. The summed E-state index contributed by atoms with van der Waals surface area (Å²) in [6.07, 6.45) is 0. The van der Waals surface area contributed by atoms with Crippen molar-refractivity contribution in [3.05, 3.63) is 81.4 Å². The van der Waals surface area contributed by atoms with Crippen LogP contribution in [0, 0.1) is 30.9 Å². The van der Waals surface area contributed by atoms with Crippen LogP contribution in [0.2, 0.25) is 0 Å². The number of nitrogens with zero attached hydrogens (tertiary/aromatic N) is 2. The van der Waals surface area contributed by atoms with E-state index in [-0.39, 0.29) is 11.4 Å². The van der Waals surface area contributed by atoms with Crippen LogP contribution < -0.4 is 19.1 Å². The maximum Gasteiger partial charge on any atom is 0.289 e.